The molecule has 0 amide bonds. The van der Waals surface area contributed by atoms with Gasteiger partial charge in [-0.25, -0.2) is 0 Å². The SMILES string of the molecule is CCSc1c[nH]c2ccccc12. The highest BCUT2D eigenvalue weighted by Crippen LogP contribution is 2.26. The molecule has 2 heteroatoms. The number of fused-ring (bicyclic) bond motifs is 1. The Bertz CT molecular complexity index is 378. The Balaban J connectivity index is 2.55. The van der Waals surface area contributed by atoms with Gasteiger partial charge in [0.25, 0.3) is 0 Å². The van der Waals surface area contributed by atoms with Crippen LogP contribution in [0.25, 0.3) is 10.9 Å². The highest BCUT2D eigenvalue weighted by Gasteiger charge is 2.00. The van der Waals surface area contributed by atoms with E-state index in [1.807, 2.05) is 11.8 Å². The van der Waals surface area contributed by atoms with Gasteiger partial charge in [-0.1, -0.05) is 25.1 Å². The number of hydrogen-bond acceptors (Lipinski definition) is 1. The van der Waals surface area contributed by atoms with E-state index in [2.05, 4.69) is 42.4 Å². The largest absolute Gasteiger partial charge is 0.360 e. The molecular formula is C10H11NS. The lowest BCUT2D eigenvalue weighted by molar-refractivity contribution is 1.40. The number of benzene rings is 1. The Morgan fingerprint density at radius 1 is 1.33 bits per heavy atom. The van der Waals surface area contributed by atoms with Crippen LogP contribution in [0.15, 0.2) is 35.4 Å². The fourth-order valence-corrected chi connectivity index (χ4v) is 2.11. The van der Waals surface area contributed by atoms with E-state index in [4.69, 9.17) is 0 Å². The maximum Gasteiger partial charge on any atom is 0.0465 e. The molecule has 0 fully saturated rings. The first-order valence-electron chi connectivity index (χ1n) is 4.10. The first-order valence-corrected chi connectivity index (χ1v) is 5.09. The van der Waals surface area contributed by atoms with Gasteiger partial charge in [-0.05, 0) is 11.8 Å². The number of hydrogen-bond donors (Lipinski definition) is 1. The third kappa shape index (κ3) is 1.23. The van der Waals surface area contributed by atoms with Gasteiger partial charge in [-0.3, -0.25) is 0 Å². The van der Waals surface area contributed by atoms with Gasteiger partial charge in [-0.2, -0.15) is 0 Å². The van der Waals surface area contributed by atoms with Crippen LogP contribution in [0.5, 0.6) is 0 Å². The van der Waals surface area contributed by atoms with E-state index in [1.165, 1.54) is 15.8 Å². The van der Waals surface area contributed by atoms with E-state index < -0.39 is 0 Å². The van der Waals surface area contributed by atoms with Crippen molar-refractivity contribution in [2.45, 2.75) is 11.8 Å². The van der Waals surface area contributed by atoms with Gasteiger partial charge in [0.05, 0.1) is 0 Å². The fourth-order valence-electron chi connectivity index (χ4n) is 1.32. The Hall–Kier alpha value is -0.890. The molecular weight excluding hydrogens is 166 g/mol. The quantitative estimate of drug-likeness (QED) is 0.696. The number of nitrogens with one attached hydrogen (secondary N) is 1. The summed E-state index contributed by atoms with van der Waals surface area (Å²) in [5.74, 6) is 1.13. The van der Waals surface area contributed by atoms with Crippen LogP contribution in [0.3, 0.4) is 0 Å². The molecule has 1 N–H and O–H groups in total. The summed E-state index contributed by atoms with van der Waals surface area (Å²) in [6.45, 7) is 2.17. The van der Waals surface area contributed by atoms with Crippen molar-refractivity contribution in [3.63, 3.8) is 0 Å². The number of rotatable bonds is 2. The van der Waals surface area contributed by atoms with E-state index in [-0.39, 0.29) is 0 Å². The van der Waals surface area contributed by atoms with E-state index in [9.17, 15) is 0 Å². The lowest BCUT2D eigenvalue weighted by atomic mass is 10.2. The average molecular weight is 177 g/mol. The smallest absolute Gasteiger partial charge is 0.0465 e. The predicted molar refractivity (Wildman–Crippen MR) is 54.7 cm³/mol. The number of aromatic nitrogens is 1. The summed E-state index contributed by atoms with van der Waals surface area (Å²) in [6, 6.07) is 8.40. The first kappa shape index (κ1) is 7.74. The van der Waals surface area contributed by atoms with Crippen molar-refractivity contribution in [3.05, 3.63) is 30.5 Å². The number of thioether (sulfide) groups is 1. The molecule has 0 spiro atoms. The predicted octanol–water partition coefficient (Wildman–Crippen LogP) is 3.28. The summed E-state index contributed by atoms with van der Waals surface area (Å²) in [5.41, 5.74) is 1.23. The molecule has 0 aliphatic rings. The maximum atomic E-state index is 3.25. The topological polar surface area (TPSA) is 15.8 Å². The Kier molecular flexibility index (Phi) is 2.09. The lowest BCUT2D eigenvalue weighted by Gasteiger charge is -1.93. The van der Waals surface area contributed by atoms with Gasteiger partial charge in [0.1, 0.15) is 0 Å². The first-order chi connectivity index (χ1) is 5.92. The third-order valence-corrected chi connectivity index (χ3v) is 2.79. The summed E-state index contributed by atoms with van der Waals surface area (Å²) < 4.78 is 0. The standard InChI is InChI=1S/C10H11NS/c1-2-12-10-7-11-9-6-4-3-5-8(9)10/h3-7,11H,2H2,1H3. The lowest BCUT2D eigenvalue weighted by Crippen LogP contribution is -1.68. The molecule has 1 heterocycles. The molecule has 2 aromatic rings. The second-order valence-electron chi connectivity index (χ2n) is 2.63. The van der Waals surface area contributed by atoms with Crippen LogP contribution in [0.1, 0.15) is 6.92 Å². The van der Waals surface area contributed by atoms with Gasteiger partial charge in [0.2, 0.25) is 0 Å². The van der Waals surface area contributed by atoms with Crippen LogP contribution in [0, 0.1) is 0 Å². The average Bonchev–Trinajstić information content (AvgIpc) is 2.50. The van der Waals surface area contributed by atoms with Gasteiger partial charge < -0.3 is 4.98 Å². The molecule has 0 aliphatic heterocycles. The molecule has 2 rings (SSSR count). The molecule has 62 valence electrons. The summed E-state index contributed by atoms with van der Waals surface area (Å²) in [5, 5.41) is 1.34. The zero-order valence-corrected chi connectivity index (χ0v) is 7.82. The molecule has 1 aromatic carbocycles. The van der Waals surface area contributed by atoms with Crippen molar-refractivity contribution in [2.75, 3.05) is 5.75 Å². The van der Waals surface area contributed by atoms with Gasteiger partial charge in [-0.15, -0.1) is 11.8 Å². The second-order valence-corrected chi connectivity index (χ2v) is 3.94. The van der Waals surface area contributed by atoms with Crippen molar-refractivity contribution in [1.82, 2.24) is 4.98 Å². The zero-order valence-electron chi connectivity index (χ0n) is 7.00. The van der Waals surface area contributed by atoms with Crippen molar-refractivity contribution >= 4 is 22.7 Å². The van der Waals surface area contributed by atoms with Crippen LogP contribution in [-0.4, -0.2) is 10.7 Å². The Labute approximate surface area is 76.2 Å². The Morgan fingerprint density at radius 2 is 2.17 bits per heavy atom. The van der Waals surface area contributed by atoms with Crippen LogP contribution < -0.4 is 0 Å². The van der Waals surface area contributed by atoms with E-state index >= 15 is 0 Å². The summed E-state index contributed by atoms with van der Waals surface area (Å²) in [7, 11) is 0. The maximum absolute atomic E-state index is 3.25. The molecule has 1 nitrogen and oxygen atoms in total. The van der Waals surface area contributed by atoms with E-state index in [1.54, 1.807) is 0 Å². The molecule has 0 saturated carbocycles. The number of aromatic amines is 1. The van der Waals surface area contributed by atoms with Crippen molar-refractivity contribution in [1.29, 1.82) is 0 Å². The molecule has 0 unspecified atom stereocenters. The molecule has 0 atom stereocenters. The Morgan fingerprint density at radius 3 is 3.00 bits per heavy atom. The number of para-hydroxylation sites is 1. The summed E-state index contributed by atoms with van der Waals surface area (Å²) in [6.07, 6.45) is 2.08. The van der Waals surface area contributed by atoms with Crippen LogP contribution in [-0.2, 0) is 0 Å². The molecule has 1 aromatic heterocycles. The van der Waals surface area contributed by atoms with E-state index in [0.717, 1.165) is 5.75 Å². The highest BCUT2D eigenvalue weighted by atomic mass is 32.2. The third-order valence-electron chi connectivity index (χ3n) is 1.85. The van der Waals surface area contributed by atoms with Crippen LogP contribution >= 0.6 is 11.8 Å². The van der Waals surface area contributed by atoms with Crippen LogP contribution in [0.2, 0.25) is 0 Å². The molecule has 0 bridgehead atoms. The van der Waals surface area contributed by atoms with Gasteiger partial charge >= 0.3 is 0 Å². The second kappa shape index (κ2) is 3.23. The molecule has 0 radical (unpaired) electrons. The van der Waals surface area contributed by atoms with Crippen LogP contribution in [0.4, 0.5) is 0 Å². The van der Waals surface area contributed by atoms with Crippen molar-refractivity contribution in [3.8, 4) is 0 Å². The molecule has 12 heavy (non-hydrogen) atoms. The molecule has 0 saturated heterocycles. The normalized spacial score (nSPS) is 10.8. The van der Waals surface area contributed by atoms with Gasteiger partial charge in [0.15, 0.2) is 0 Å². The van der Waals surface area contributed by atoms with Crippen molar-refractivity contribution < 1.29 is 0 Å². The summed E-state index contributed by atoms with van der Waals surface area (Å²) in [4.78, 5) is 4.61. The minimum absolute atomic E-state index is 1.13. The van der Waals surface area contributed by atoms with Crippen molar-refractivity contribution in [2.24, 2.45) is 0 Å². The molecule has 0 aliphatic carbocycles. The minimum atomic E-state index is 1.13. The van der Waals surface area contributed by atoms with E-state index in [0.29, 0.717) is 0 Å². The monoisotopic (exact) mass is 177 g/mol. The fraction of sp³-hybridized carbons (Fsp3) is 0.200. The minimum Gasteiger partial charge on any atom is -0.360 e. The highest BCUT2D eigenvalue weighted by molar-refractivity contribution is 7.99. The zero-order chi connectivity index (χ0) is 8.39. The van der Waals surface area contributed by atoms with Gasteiger partial charge in [0, 0.05) is 22.0 Å². The summed E-state index contributed by atoms with van der Waals surface area (Å²) >= 11 is 1.88. The number of H-pyrrole nitrogens is 1.